The number of carbonyl (C=O) groups is 1. The van der Waals surface area contributed by atoms with Crippen molar-refractivity contribution in [1.82, 2.24) is 9.62 Å². The van der Waals surface area contributed by atoms with E-state index in [2.05, 4.69) is 5.32 Å². The van der Waals surface area contributed by atoms with Crippen LogP contribution in [0.1, 0.15) is 37.0 Å². The summed E-state index contributed by atoms with van der Waals surface area (Å²) in [5, 5.41) is 2.82. The summed E-state index contributed by atoms with van der Waals surface area (Å²) >= 11 is 1.23. The molecule has 1 atom stereocenters. The predicted octanol–water partition coefficient (Wildman–Crippen LogP) is 1.72. The van der Waals surface area contributed by atoms with Crippen LogP contribution in [0, 0.1) is 0 Å². The molecule has 1 aromatic rings. The number of piperidine rings is 1. The molecule has 2 fully saturated rings. The summed E-state index contributed by atoms with van der Waals surface area (Å²) in [6.07, 6.45) is 4.26. The Balaban J connectivity index is 1.59. The second kappa shape index (κ2) is 7.29. The standard InChI is InChI=1S/C15H22N2O4S2/c18-15(13-5-4-10-21-13)16-11-12-6-7-14(22-12)23(19,20)17-8-2-1-3-9-17/h6-7,13H,1-5,8-11H2,(H,16,18). The van der Waals surface area contributed by atoms with Crippen molar-refractivity contribution in [3.05, 3.63) is 17.0 Å². The minimum atomic E-state index is -3.38. The Bertz CT molecular complexity index is 644. The van der Waals surface area contributed by atoms with Gasteiger partial charge in [-0.3, -0.25) is 4.79 Å². The molecular weight excluding hydrogens is 336 g/mol. The highest BCUT2D eigenvalue weighted by Crippen LogP contribution is 2.27. The summed E-state index contributed by atoms with van der Waals surface area (Å²) < 4.78 is 32.4. The lowest BCUT2D eigenvalue weighted by atomic mass is 10.2. The van der Waals surface area contributed by atoms with Crippen LogP contribution in [0.15, 0.2) is 16.3 Å². The molecule has 1 N–H and O–H groups in total. The fraction of sp³-hybridized carbons (Fsp3) is 0.667. The first kappa shape index (κ1) is 16.9. The van der Waals surface area contributed by atoms with Crippen molar-refractivity contribution in [1.29, 1.82) is 0 Å². The highest BCUT2D eigenvalue weighted by molar-refractivity contribution is 7.91. The molecule has 0 aliphatic carbocycles. The molecular formula is C15H22N2O4S2. The van der Waals surface area contributed by atoms with Crippen molar-refractivity contribution in [3.8, 4) is 0 Å². The number of thiophene rings is 1. The second-order valence-corrected chi connectivity index (χ2v) is 9.24. The molecule has 1 aromatic heterocycles. The fourth-order valence-corrected chi connectivity index (χ4v) is 5.86. The maximum Gasteiger partial charge on any atom is 0.252 e. The van der Waals surface area contributed by atoms with Crippen LogP contribution in [0.5, 0.6) is 0 Å². The summed E-state index contributed by atoms with van der Waals surface area (Å²) in [5.41, 5.74) is 0. The molecule has 0 saturated carbocycles. The zero-order valence-corrected chi connectivity index (χ0v) is 14.6. The van der Waals surface area contributed by atoms with Crippen molar-refractivity contribution in [2.75, 3.05) is 19.7 Å². The van der Waals surface area contributed by atoms with E-state index in [1.54, 1.807) is 16.4 Å². The van der Waals surface area contributed by atoms with Gasteiger partial charge in [0, 0.05) is 24.6 Å². The fourth-order valence-electron chi connectivity index (χ4n) is 2.90. The Labute approximate surface area is 140 Å². The van der Waals surface area contributed by atoms with Gasteiger partial charge >= 0.3 is 0 Å². The van der Waals surface area contributed by atoms with E-state index in [9.17, 15) is 13.2 Å². The second-order valence-electron chi connectivity index (χ2n) is 5.90. The first-order valence-electron chi connectivity index (χ1n) is 8.05. The Kier molecular flexibility index (Phi) is 5.35. The maximum atomic E-state index is 12.6. The minimum Gasteiger partial charge on any atom is -0.368 e. The highest BCUT2D eigenvalue weighted by Gasteiger charge is 2.28. The summed E-state index contributed by atoms with van der Waals surface area (Å²) in [6.45, 7) is 2.19. The third-order valence-corrected chi connectivity index (χ3v) is 7.66. The average Bonchev–Trinajstić information content (AvgIpc) is 3.25. The largest absolute Gasteiger partial charge is 0.368 e. The normalized spacial score (nSPS) is 23.0. The third kappa shape index (κ3) is 3.93. The van der Waals surface area contributed by atoms with E-state index in [1.165, 1.54) is 11.3 Å². The molecule has 6 nitrogen and oxygen atoms in total. The van der Waals surface area contributed by atoms with Crippen LogP contribution < -0.4 is 5.32 Å². The van der Waals surface area contributed by atoms with Crippen LogP contribution in [0.3, 0.4) is 0 Å². The van der Waals surface area contributed by atoms with Crippen LogP contribution in [0.4, 0.5) is 0 Å². The summed E-state index contributed by atoms with van der Waals surface area (Å²) in [7, 11) is -3.38. The maximum absolute atomic E-state index is 12.6. The number of hydrogen-bond acceptors (Lipinski definition) is 5. The predicted molar refractivity (Wildman–Crippen MR) is 87.7 cm³/mol. The van der Waals surface area contributed by atoms with Gasteiger partial charge in [-0.25, -0.2) is 8.42 Å². The number of amides is 1. The molecule has 0 spiro atoms. The Morgan fingerprint density at radius 1 is 1.26 bits per heavy atom. The van der Waals surface area contributed by atoms with Gasteiger partial charge in [-0.1, -0.05) is 6.42 Å². The number of carbonyl (C=O) groups excluding carboxylic acids is 1. The van der Waals surface area contributed by atoms with Crippen molar-refractivity contribution in [3.63, 3.8) is 0 Å². The molecule has 3 heterocycles. The SMILES string of the molecule is O=C(NCc1ccc(S(=O)(=O)N2CCCCC2)s1)C1CCCO1. The van der Waals surface area contributed by atoms with E-state index in [-0.39, 0.29) is 12.0 Å². The van der Waals surface area contributed by atoms with Crippen LogP contribution >= 0.6 is 11.3 Å². The smallest absolute Gasteiger partial charge is 0.252 e. The van der Waals surface area contributed by atoms with Crippen LogP contribution in [-0.2, 0) is 26.1 Å². The van der Waals surface area contributed by atoms with E-state index in [0.29, 0.717) is 30.5 Å². The molecule has 2 aliphatic rings. The molecule has 8 heteroatoms. The number of hydrogen-bond donors (Lipinski definition) is 1. The van der Waals surface area contributed by atoms with Crippen LogP contribution in [0.2, 0.25) is 0 Å². The van der Waals surface area contributed by atoms with Gasteiger partial charge in [0.1, 0.15) is 10.3 Å². The molecule has 1 amide bonds. The van der Waals surface area contributed by atoms with Gasteiger partial charge < -0.3 is 10.1 Å². The first-order chi connectivity index (χ1) is 11.1. The number of ether oxygens (including phenoxy) is 1. The number of sulfonamides is 1. The summed E-state index contributed by atoms with van der Waals surface area (Å²) in [5.74, 6) is -0.115. The van der Waals surface area contributed by atoms with Gasteiger partial charge in [0.2, 0.25) is 5.91 Å². The third-order valence-electron chi connectivity index (χ3n) is 4.21. The van der Waals surface area contributed by atoms with E-state index in [4.69, 9.17) is 4.74 Å². The molecule has 128 valence electrons. The molecule has 3 rings (SSSR count). The van der Waals surface area contributed by atoms with Gasteiger partial charge in [-0.15, -0.1) is 11.3 Å². The van der Waals surface area contributed by atoms with E-state index >= 15 is 0 Å². The lowest BCUT2D eigenvalue weighted by Gasteiger charge is -2.25. The zero-order chi connectivity index (χ0) is 16.3. The highest BCUT2D eigenvalue weighted by atomic mass is 32.2. The van der Waals surface area contributed by atoms with Gasteiger partial charge in [-0.2, -0.15) is 4.31 Å². The van der Waals surface area contributed by atoms with Crippen molar-refractivity contribution in [2.24, 2.45) is 0 Å². The Morgan fingerprint density at radius 3 is 2.74 bits per heavy atom. The van der Waals surface area contributed by atoms with Gasteiger partial charge in [0.05, 0.1) is 6.54 Å². The number of nitrogens with zero attached hydrogens (tertiary/aromatic N) is 1. The topological polar surface area (TPSA) is 75.7 Å². The molecule has 0 bridgehead atoms. The van der Waals surface area contributed by atoms with Crippen molar-refractivity contribution >= 4 is 27.3 Å². The molecule has 0 radical (unpaired) electrons. The van der Waals surface area contributed by atoms with Gasteiger partial charge in [-0.05, 0) is 37.8 Å². The lowest BCUT2D eigenvalue weighted by Crippen LogP contribution is -2.35. The lowest BCUT2D eigenvalue weighted by molar-refractivity contribution is -0.130. The Hall–Kier alpha value is -0.960. The zero-order valence-electron chi connectivity index (χ0n) is 13.0. The van der Waals surface area contributed by atoms with Gasteiger partial charge in [0.25, 0.3) is 10.0 Å². The number of nitrogens with one attached hydrogen (secondary N) is 1. The molecule has 1 unspecified atom stereocenters. The molecule has 23 heavy (non-hydrogen) atoms. The Morgan fingerprint density at radius 2 is 2.04 bits per heavy atom. The summed E-state index contributed by atoms with van der Waals surface area (Å²) in [4.78, 5) is 12.8. The van der Waals surface area contributed by atoms with E-state index < -0.39 is 10.0 Å². The van der Waals surface area contributed by atoms with Crippen LogP contribution in [0.25, 0.3) is 0 Å². The minimum absolute atomic E-state index is 0.115. The van der Waals surface area contributed by atoms with Crippen molar-refractivity contribution in [2.45, 2.75) is 49.0 Å². The molecule has 0 aromatic carbocycles. The van der Waals surface area contributed by atoms with Crippen LogP contribution in [-0.4, -0.2) is 44.4 Å². The van der Waals surface area contributed by atoms with Crippen molar-refractivity contribution < 1.29 is 17.9 Å². The molecule has 2 aliphatic heterocycles. The average molecular weight is 358 g/mol. The first-order valence-corrected chi connectivity index (χ1v) is 10.3. The van der Waals surface area contributed by atoms with Gasteiger partial charge in [0.15, 0.2) is 0 Å². The quantitative estimate of drug-likeness (QED) is 0.869. The number of rotatable bonds is 5. The monoisotopic (exact) mass is 358 g/mol. The van der Waals surface area contributed by atoms with E-state index in [0.717, 1.165) is 37.0 Å². The van der Waals surface area contributed by atoms with E-state index in [1.807, 2.05) is 0 Å². The molecule has 2 saturated heterocycles. The summed E-state index contributed by atoms with van der Waals surface area (Å²) in [6, 6.07) is 3.42.